The second-order valence-corrected chi connectivity index (χ2v) is 10.7. The van der Waals surface area contributed by atoms with Crippen molar-refractivity contribution in [3.63, 3.8) is 0 Å². The first kappa shape index (κ1) is 26.8. The number of aryl methyl sites for hydroxylation is 1. The van der Waals surface area contributed by atoms with Crippen LogP contribution in [0, 0.1) is 18.6 Å². The number of halogens is 2. The van der Waals surface area contributed by atoms with Crippen LogP contribution in [0.15, 0.2) is 52.3 Å². The lowest BCUT2D eigenvalue weighted by molar-refractivity contribution is -0.145. The second-order valence-electron chi connectivity index (χ2n) is 7.21. The lowest BCUT2D eigenvalue weighted by Crippen LogP contribution is -2.42. The molecule has 1 unspecified atom stereocenters. The first-order chi connectivity index (χ1) is 15.5. The largest absolute Gasteiger partial charge is 0.465 e. The molecule has 0 spiro atoms. The predicted molar refractivity (Wildman–Crippen MR) is 117 cm³/mol. The molecule has 182 valence electrons. The molecule has 0 radical (unpaired) electrons. The molecule has 0 amide bonds. The van der Waals surface area contributed by atoms with E-state index in [9.17, 15) is 30.4 Å². The van der Waals surface area contributed by atoms with Crippen LogP contribution in [0.5, 0.6) is 0 Å². The number of rotatable bonds is 12. The fraction of sp³-hybridized carbons (Fsp3) is 0.381. The highest BCUT2D eigenvalue weighted by atomic mass is 32.2. The van der Waals surface area contributed by atoms with E-state index in [1.165, 1.54) is 12.1 Å². The van der Waals surface area contributed by atoms with Crippen molar-refractivity contribution in [3.05, 3.63) is 59.7 Å². The smallest absolute Gasteiger partial charge is 0.324 e. The van der Waals surface area contributed by atoms with E-state index in [-0.39, 0.29) is 30.9 Å². The molecule has 12 heteroatoms. The van der Waals surface area contributed by atoms with E-state index in [4.69, 9.17) is 4.74 Å². The zero-order valence-corrected chi connectivity index (χ0v) is 19.8. The minimum absolute atomic E-state index is 0.00167. The Morgan fingerprint density at radius 3 is 2.27 bits per heavy atom. The van der Waals surface area contributed by atoms with Crippen LogP contribution < -0.4 is 9.44 Å². The molecule has 2 rings (SSSR count). The number of hydrogen-bond donors (Lipinski definition) is 2. The number of ether oxygens (including phenoxy) is 1. The van der Waals surface area contributed by atoms with Gasteiger partial charge in [-0.1, -0.05) is 17.7 Å². The number of carbonyl (C=O) groups excluding carboxylic acids is 1. The van der Waals surface area contributed by atoms with Gasteiger partial charge in [0.05, 0.1) is 11.5 Å². The molecule has 2 aromatic carbocycles. The monoisotopic (exact) mass is 504 g/mol. The zero-order valence-electron chi connectivity index (χ0n) is 18.2. The van der Waals surface area contributed by atoms with Gasteiger partial charge in [0, 0.05) is 12.6 Å². The average Bonchev–Trinajstić information content (AvgIpc) is 2.72. The summed E-state index contributed by atoms with van der Waals surface area (Å²) in [5.41, 5.74) is 0.918. The number of carbonyl (C=O) groups is 1. The fourth-order valence-electron chi connectivity index (χ4n) is 2.89. The molecule has 8 nitrogen and oxygen atoms in total. The van der Waals surface area contributed by atoms with Crippen molar-refractivity contribution in [2.24, 2.45) is 0 Å². The summed E-state index contributed by atoms with van der Waals surface area (Å²) in [4.78, 5) is 11.5. The van der Waals surface area contributed by atoms with Gasteiger partial charge in [-0.05, 0) is 57.4 Å². The topological polar surface area (TPSA) is 119 Å². The van der Waals surface area contributed by atoms with Crippen LogP contribution in [0.2, 0.25) is 0 Å². The molecule has 0 aliphatic carbocycles. The maximum atomic E-state index is 13.9. The van der Waals surface area contributed by atoms with Crippen molar-refractivity contribution in [2.45, 2.75) is 48.9 Å². The Hall–Kier alpha value is -2.41. The lowest BCUT2D eigenvalue weighted by atomic mass is 10.1. The Balaban J connectivity index is 1.98. The Morgan fingerprint density at radius 1 is 1.00 bits per heavy atom. The summed E-state index contributed by atoms with van der Waals surface area (Å²) in [5.74, 6) is -3.10. The van der Waals surface area contributed by atoms with Crippen LogP contribution in [0.1, 0.15) is 31.7 Å². The Morgan fingerprint density at radius 2 is 1.67 bits per heavy atom. The summed E-state index contributed by atoms with van der Waals surface area (Å²) in [5, 5.41) is 0. The number of sulfonamides is 2. The summed E-state index contributed by atoms with van der Waals surface area (Å²) in [6.07, 6.45) is 0.537. The van der Waals surface area contributed by atoms with Gasteiger partial charge in [-0.25, -0.2) is 30.3 Å². The van der Waals surface area contributed by atoms with Crippen molar-refractivity contribution in [2.75, 3.05) is 13.2 Å². The van der Waals surface area contributed by atoms with Crippen LogP contribution in [0.3, 0.4) is 0 Å². The Bertz CT molecular complexity index is 1170. The summed E-state index contributed by atoms with van der Waals surface area (Å²) in [6, 6.07) is 6.96. The third-order valence-corrected chi connectivity index (χ3v) is 7.58. The van der Waals surface area contributed by atoms with Gasteiger partial charge in [0.15, 0.2) is 0 Å². The first-order valence-corrected chi connectivity index (χ1v) is 13.1. The number of unbranched alkanes of at least 4 members (excludes halogenated alkanes) is 1. The molecule has 33 heavy (non-hydrogen) atoms. The van der Waals surface area contributed by atoms with Crippen molar-refractivity contribution in [3.8, 4) is 0 Å². The fourth-order valence-corrected chi connectivity index (χ4v) is 5.24. The second kappa shape index (κ2) is 11.6. The molecular formula is C21H26F2N2O6S2. The molecule has 0 aliphatic heterocycles. The van der Waals surface area contributed by atoms with Gasteiger partial charge in [-0.15, -0.1) is 0 Å². The van der Waals surface area contributed by atoms with Crippen LogP contribution in [0.4, 0.5) is 8.78 Å². The number of hydrogen-bond acceptors (Lipinski definition) is 6. The first-order valence-electron chi connectivity index (χ1n) is 10.2. The third-order valence-electron chi connectivity index (χ3n) is 4.59. The van der Waals surface area contributed by atoms with Gasteiger partial charge in [0.25, 0.3) is 0 Å². The molecule has 0 heterocycles. The summed E-state index contributed by atoms with van der Waals surface area (Å²) < 4.78 is 86.1. The van der Waals surface area contributed by atoms with E-state index in [1.807, 2.05) is 6.92 Å². The van der Waals surface area contributed by atoms with E-state index < -0.39 is 48.6 Å². The SMILES string of the molecule is CCOC(=O)C(CCCCNS(=O)(=O)c1ccc(C)cc1)NS(=O)(=O)c1ccc(F)cc1F. The third kappa shape index (κ3) is 7.84. The lowest BCUT2D eigenvalue weighted by Gasteiger charge is -2.18. The van der Waals surface area contributed by atoms with Gasteiger partial charge in [0.1, 0.15) is 22.6 Å². The number of nitrogens with one attached hydrogen (secondary N) is 2. The van der Waals surface area contributed by atoms with Crippen molar-refractivity contribution >= 4 is 26.0 Å². The van der Waals surface area contributed by atoms with Gasteiger partial charge < -0.3 is 4.74 Å². The quantitative estimate of drug-likeness (QED) is 0.339. The maximum Gasteiger partial charge on any atom is 0.324 e. The van der Waals surface area contributed by atoms with E-state index >= 15 is 0 Å². The average molecular weight is 505 g/mol. The van der Waals surface area contributed by atoms with Gasteiger partial charge in [-0.2, -0.15) is 4.72 Å². The highest BCUT2D eigenvalue weighted by molar-refractivity contribution is 7.89. The zero-order chi connectivity index (χ0) is 24.6. The predicted octanol–water partition coefficient (Wildman–Crippen LogP) is 2.63. The Kier molecular flexibility index (Phi) is 9.46. The van der Waals surface area contributed by atoms with Crippen molar-refractivity contribution < 1.29 is 35.1 Å². The molecule has 0 aliphatic rings. The highest BCUT2D eigenvalue weighted by Crippen LogP contribution is 2.17. The molecule has 0 aromatic heterocycles. The molecule has 2 N–H and O–H groups in total. The number of esters is 1. The van der Waals surface area contributed by atoms with E-state index in [0.717, 1.165) is 17.7 Å². The molecule has 1 atom stereocenters. The minimum atomic E-state index is -4.48. The normalized spacial score (nSPS) is 13.0. The van der Waals surface area contributed by atoms with E-state index in [1.54, 1.807) is 19.1 Å². The summed E-state index contributed by atoms with van der Waals surface area (Å²) >= 11 is 0. The standard InChI is InChI=1S/C21H26F2N2O6S2/c1-3-31-21(26)19(25-33(29,30)20-12-9-16(22)14-18(20)23)6-4-5-13-24-32(27,28)17-10-7-15(2)8-11-17/h7-12,14,19,24-25H,3-6,13H2,1-2H3. The van der Waals surface area contributed by atoms with Gasteiger partial charge in [-0.3, -0.25) is 4.79 Å². The summed E-state index contributed by atoms with van der Waals surface area (Å²) in [6.45, 7) is 3.44. The van der Waals surface area contributed by atoms with Gasteiger partial charge >= 0.3 is 5.97 Å². The van der Waals surface area contributed by atoms with Crippen molar-refractivity contribution in [1.29, 1.82) is 0 Å². The molecule has 0 fully saturated rings. The van der Waals surface area contributed by atoms with E-state index in [2.05, 4.69) is 9.44 Å². The molecule has 0 saturated carbocycles. The van der Waals surface area contributed by atoms with Crippen LogP contribution in [0.25, 0.3) is 0 Å². The summed E-state index contributed by atoms with van der Waals surface area (Å²) in [7, 11) is -8.18. The molecular weight excluding hydrogens is 478 g/mol. The Labute approximate surface area is 192 Å². The minimum Gasteiger partial charge on any atom is -0.465 e. The van der Waals surface area contributed by atoms with Crippen LogP contribution in [-0.4, -0.2) is 42.0 Å². The molecule has 2 aromatic rings. The van der Waals surface area contributed by atoms with Crippen LogP contribution >= 0.6 is 0 Å². The molecule has 0 bridgehead atoms. The highest BCUT2D eigenvalue weighted by Gasteiger charge is 2.28. The van der Waals surface area contributed by atoms with Crippen LogP contribution in [-0.2, 0) is 29.6 Å². The number of benzene rings is 2. The van der Waals surface area contributed by atoms with E-state index in [0.29, 0.717) is 12.5 Å². The van der Waals surface area contributed by atoms with Crippen molar-refractivity contribution in [1.82, 2.24) is 9.44 Å². The maximum absolute atomic E-state index is 13.9. The van der Waals surface area contributed by atoms with Gasteiger partial charge in [0.2, 0.25) is 20.0 Å². The molecule has 0 saturated heterocycles.